The molecule has 37 heavy (non-hydrogen) atoms. The maximum atomic E-state index is 13.2. The minimum absolute atomic E-state index is 0.0251. The Morgan fingerprint density at radius 3 is 2.43 bits per heavy atom. The van der Waals surface area contributed by atoms with Crippen molar-refractivity contribution >= 4 is 11.7 Å². The van der Waals surface area contributed by atoms with E-state index < -0.39 is 18.4 Å². The highest BCUT2D eigenvalue weighted by Gasteiger charge is 2.35. The Morgan fingerprint density at radius 2 is 1.76 bits per heavy atom. The normalized spacial score (nSPS) is 13.5. The summed E-state index contributed by atoms with van der Waals surface area (Å²) in [6, 6.07) is 18.2. The summed E-state index contributed by atoms with van der Waals surface area (Å²) >= 11 is 0. The maximum absolute atomic E-state index is 13.2. The molecule has 190 valence electrons. The number of methoxy groups -OCH3 is 1. The minimum Gasteiger partial charge on any atom is -0.493 e. The van der Waals surface area contributed by atoms with Crippen LogP contribution in [0.4, 0.5) is 19.3 Å². The average Bonchev–Trinajstić information content (AvgIpc) is 3.44. The van der Waals surface area contributed by atoms with E-state index in [0.29, 0.717) is 39.8 Å². The van der Waals surface area contributed by atoms with Gasteiger partial charge in [-0.15, -0.1) is 0 Å². The predicted molar refractivity (Wildman–Crippen MR) is 132 cm³/mol. The van der Waals surface area contributed by atoms with Gasteiger partial charge in [-0.3, -0.25) is 0 Å². The largest absolute Gasteiger partial charge is 0.493 e. The van der Waals surface area contributed by atoms with Crippen LogP contribution >= 0.6 is 0 Å². The molecule has 0 atom stereocenters. The number of hydrogen-bond donors (Lipinski definition) is 1. The van der Waals surface area contributed by atoms with Crippen molar-refractivity contribution in [1.82, 2.24) is 9.78 Å². The van der Waals surface area contributed by atoms with E-state index in [2.05, 4.69) is 15.2 Å². The Bertz CT molecular complexity index is 1440. The molecule has 0 unspecified atom stereocenters. The number of alkyl halides is 2. The van der Waals surface area contributed by atoms with Crippen molar-refractivity contribution in [2.24, 2.45) is 0 Å². The second-order valence-corrected chi connectivity index (χ2v) is 8.64. The van der Waals surface area contributed by atoms with Crippen LogP contribution in [0.2, 0.25) is 0 Å². The Kier molecular flexibility index (Phi) is 6.16. The van der Waals surface area contributed by atoms with Crippen LogP contribution in [0.5, 0.6) is 23.0 Å². The molecule has 1 N–H and O–H groups in total. The molecular weight excluding hydrogens is 484 g/mol. The summed E-state index contributed by atoms with van der Waals surface area (Å²) in [5, 5.41) is 7.32. The molecule has 10 heteroatoms. The molecule has 1 aliphatic heterocycles. The van der Waals surface area contributed by atoms with Crippen molar-refractivity contribution in [2.45, 2.75) is 26.2 Å². The van der Waals surface area contributed by atoms with Crippen molar-refractivity contribution < 1.29 is 32.5 Å². The molecule has 8 nitrogen and oxygen atoms in total. The lowest BCUT2D eigenvalue weighted by atomic mass is 10.0. The third-order valence-corrected chi connectivity index (χ3v) is 5.56. The number of aromatic nitrogens is 2. The van der Waals surface area contributed by atoms with Crippen LogP contribution in [-0.2, 0) is 0 Å². The standard InChI is InChI=1S/C27H23F2N3O5/c1-27(2)36-22-14-18(13-21(34-3)24(22)37-27)30-26(33)32-15-20(16-7-5-4-6-8-16)23(31-32)17-9-11-19(12-10-17)35-25(28)29/h4-15,25H,1-3H3,(H,30,33). The quantitative estimate of drug-likeness (QED) is 0.325. The molecule has 0 saturated carbocycles. The van der Waals surface area contributed by atoms with Crippen molar-refractivity contribution in [1.29, 1.82) is 0 Å². The smallest absolute Gasteiger partial charge is 0.387 e. The first-order chi connectivity index (χ1) is 17.7. The van der Waals surface area contributed by atoms with Crippen LogP contribution in [0, 0.1) is 0 Å². The lowest BCUT2D eigenvalue weighted by Gasteiger charge is -2.16. The molecule has 0 bridgehead atoms. The SMILES string of the molecule is COc1cc(NC(=O)n2cc(-c3ccccc3)c(-c3ccc(OC(F)F)cc3)n2)cc2c1OC(C)(C)O2. The zero-order chi connectivity index (χ0) is 26.2. The first-order valence-corrected chi connectivity index (χ1v) is 11.3. The zero-order valence-corrected chi connectivity index (χ0v) is 20.2. The summed E-state index contributed by atoms with van der Waals surface area (Å²) in [5.41, 5.74) is 3.06. The van der Waals surface area contributed by atoms with E-state index in [4.69, 9.17) is 14.2 Å². The summed E-state index contributed by atoms with van der Waals surface area (Å²) in [5.74, 6) is 0.470. The van der Waals surface area contributed by atoms with Crippen LogP contribution in [0.1, 0.15) is 13.8 Å². The molecule has 1 amide bonds. The number of nitrogens with zero attached hydrogens (tertiary/aromatic N) is 2. The molecule has 5 rings (SSSR count). The van der Waals surface area contributed by atoms with E-state index in [1.807, 2.05) is 30.3 Å². The molecule has 1 aromatic heterocycles. The monoisotopic (exact) mass is 507 g/mol. The van der Waals surface area contributed by atoms with Crippen LogP contribution in [0.15, 0.2) is 72.9 Å². The first-order valence-electron chi connectivity index (χ1n) is 11.3. The van der Waals surface area contributed by atoms with E-state index in [-0.39, 0.29) is 5.75 Å². The van der Waals surface area contributed by atoms with Gasteiger partial charge in [-0.2, -0.15) is 18.6 Å². The lowest BCUT2D eigenvalue weighted by molar-refractivity contribution is -0.0499. The summed E-state index contributed by atoms with van der Waals surface area (Å²) in [6.45, 7) is 0.620. The van der Waals surface area contributed by atoms with Crippen LogP contribution in [-0.4, -0.2) is 35.3 Å². The Hall–Kier alpha value is -4.60. The highest BCUT2D eigenvalue weighted by atomic mass is 19.3. The van der Waals surface area contributed by atoms with Gasteiger partial charge in [0.2, 0.25) is 11.5 Å². The summed E-state index contributed by atoms with van der Waals surface area (Å²) < 4.78 is 47.7. The number of carbonyl (C=O) groups excluding carboxylic acids is 1. The number of anilines is 1. The molecule has 0 fully saturated rings. The topological polar surface area (TPSA) is 83.8 Å². The number of ether oxygens (including phenoxy) is 4. The average molecular weight is 507 g/mol. The van der Waals surface area contributed by atoms with Gasteiger partial charge in [0.25, 0.3) is 0 Å². The van der Waals surface area contributed by atoms with Crippen molar-refractivity contribution in [3.05, 3.63) is 72.9 Å². The molecular formula is C27H23F2N3O5. The molecule has 0 spiro atoms. The van der Waals surface area contributed by atoms with Gasteiger partial charge in [0.05, 0.1) is 12.8 Å². The number of carbonyl (C=O) groups is 1. The number of halogens is 2. The molecule has 0 aliphatic carbocycles. The summed E-state index contributed by atoms with van der Waals surface area (Å²) in [7, 11) is 1.50. The molecule has 0 saturated heterocycles. The zero-order valence-electron chi connectivity index (χ0n) is 20.2. The number of benzene rings is 3. The minimum atomic E-state index is -2.92. The third-order valence-electron chi connectivity index (χ3n) is 5.56. The first kappa shape index (κ1) is 24.1. The van der Waals surface area contributed by atoms with Gasteiger partial charge in [-0.1, -0.05) is 30.3 Å². The second kappa shape index (κ2) is 9.45. The van der Waals surface area contributed by atoms with E-state index in [1.165, 1.54) is 23.9 Å². The molecule has 3 aromatic carbocycles. The van der Waals surface area contributed by atoms with Crippen molar-refractivity contribution in [3.8, 4) is 45.4 Å². The Balaban J connectivity index is 1.48. The predicted octanol–water partition coefficient (Wildman–Crippen LogP) is 6.41. The third kappa shape index (κ3) is 5.04. The maximum Gasteiger partial charge on any atom is 0.387 e. The number of fused-ring (bicyclic) bond motifs is 1. The van der Waals surface area contributed by atoms with Gasteiger partial charge < -0.3 is 24.3 Å². The van der Waals surface area contributed by atoms with Crippen LogP contribution < -0.4 is 24.3 Å². The van der Waals surface area contributed by atoms with Gasteiger partial charge in [-0.05, 0) is 29.8 Å². The summed E-state index contributed by atoms with van der Waals surface area (Å²) in [6.07, 6.45) is 1.61. The van der Waals surface area contributed by atoms with Crippen LogP contribution in [0.3, 0.4) is 0 Å². The second-order valence-electron chi connectivity index (χ2n) is 8.64. The van der Waals surface area contributed by atoms with Gasteiger partial charge >= 0.3 is 12.6 Å². The Labute approximate surface area is 211 Å². The Morgan fingerprint density at radius 1 is 1.03 bits per heavy atom. The van der Waals surface area contributed by atoms with Crippen molar-refractivity contribution in [2.75, 3.05) is 12.4 Å². The van der Waals surface area contributed by atoms with Gasteiger partial charge in [0, 0.05) is 43.3 Å². The molecule has 1 aliphatic rings. The van der Waals surface area contributed by atoms with E-state index in [0.717, 1.165) is 5.56 Å². The van der Waals surface area contributed by atoms with E-state index in [1.54, 1.807) is 44.3 Å². The number of amides is 1. The van der Waals surface area contributed by atoms with Crippen LogP contribution in [0.25, 0.3) is 22.4 Å². The van der Waals surface area contributed by atoms with Gasteiger partial charge in [-0.25, -0.2) is 4.79 Å². The highest BCUT2D eigenvalue weighted by molar-refractivity contribution is 5.93. The van der Waals surface area contributed by atoms with Crippen molar-refractivity contribution in [3.63, 3.8) is 0 Å². The summed E-state index contributed by atoms with van der Waals surface area (Å²) in [4.78, 5) is 13.2. The fourth-order valence-electron chi connectivity index (χ4n) is 4.00. The van der Waals surface area contributed by atoms with Gasteiger partial charge in [0.1, 0.15) is 11.4 Å². The molecule has 0 radical (unpaired) electrons. The number of rotatable bonds is 6. The highest BCUT2D eigenvalue weighted by Crippen LogP contribution is 2.47. The fourth-order valence-corrected chi connectivity index (χ4v) is 4.00. The molecule has 2 heterocycles. The molecule has 4 aromatic rings. The fraction of sp³-hybridized carbons (Fsp3) is 0.185. The van der Waals surface area contributed by atoms with Gasteiger partial charge in [0.15, 0.2) is 11.5 Å². The number of nitrogens with one attached hydrogen (secondary N) is 1. The van der Waals surface area contributed by atoms with E-state index >= 15 is 0 Å². The lowest BCUT2D eigenvalue weighted by Crippen LogP contribution is -2.29. The number of hydrogen-bond acceptors (Lipinski definition) is 6. The van der Waals surface area contributed by atoms with E-state index in [9.17, 15) is 13.6 Å².